The Bertz CT molecular complexity index is 358. The maximum Gasteiger partial charge on any atom is 0.335 e. The van der Waals surface area contributed by atoms with Crippen LogP contribution in [0.15, 0.2) is 24.3 Å². The lowest BCUT2D eigenvalue weighted by atomic mass is 10.1. The summed E-state index contributed by atoms with van der Waals surface area (Å²) in [5.74, 6) is -2.04. The molecule has 4 nitrogen and oxygen atoms in total. The average molecular weight is 259 g/mol. The van der Waals surface area contributed by atoms with Crippen LogP contribution in [0.4, 0.5) is 0 Å². The molecule has 74 valence electrons. The van der Waals surface area contributed by atoms with Gasteiger partial charge in [-0.1, -0.05) is 28.1 Å². The van der Waals surface area contributed by atoms with Gasteiger partial charge in [0.1, 0.15) is 4.83 Å². The zero-order chi connectivity index (χ0) is 10.7. The Morgan fingerprint density at radius 1 is 1.14 bits per heavy atom. The Hall–Kier alpha value is -1.36. The third kappa shape index (κ3) is 2.32. The molecule has 1 atom stereocenters. The van der Waals surface area contributed by atoms with Crippen LogP contribution in [-0.2, 0) is 4.79 Å². The van der Waals surface area contributed by atoms with Crippen LogP contribution in [0.25, 0.3) is 0 Å². The largest absolute Gasteiger partial charge is 0.480 e. The minimum Gasteiger partial charge on any atom is -0.480 e. The van der Waals surface area contributed by atoms with Gasteiger partial charge in [-0.25, -0.2) is 4.79 Å². The van der Waals surface area contributed by atoms with Crippen molar-refractivity contribution in [1.29, 1.82) is 0 Å². The highest BCUT2D eigenvalue weighted by molar-refractivity contribution is 9.09. The van der Waals surface area contributed by atoms with E-state index in [4.69, 9.17) is 10.2 Å². The number of aliphatic carboxylic acids is 1. The number of hydrogen-bond donors (Lipinski definition) is 2. The second kappa shape index (κ2) is 4.23. The summed E-state index contributed by atoms with van der Waals surface area (Å²) < 4.78 is 0. The molecule has 1 unspecified atom stereocenters. The van der Waals surface area contributed by atoms with Crippen LogP contribution in [0.2, 0.25) is 0 Å². The molecule has 0 spiro atoms. The number of carboxylic acid groups (broad SMARTS) is 2. The van der Waals surface area contributed by atoms with E-state index in [0.29, 0.717) is 5.56 Å². The second-order valence-corrected chi connectivity index (χ2v) is 3.54. The molecular formula is C9H7BrO4. The fourth-order valence-electron chi connectivity index (χ4n) is 0.937. The van der Waals surface area contributed by atoms with Crippen molar-refractivity contribution in [2.45, 2.75) is 4.83 Å². The average Bonchev–Trinajstić information content (AvgIpc) is 2.16. The van der Waals surface area contributed by atoms with E-state index in [1.54, 1.807) is 0 Å². The maximum absolute atomic E-state index is 10.6. The molecule has 0 saturated carbocycles. The molecule has 0 aliphatic rings. The quantitative estimate of drug-likeness (QED) is 0.813. The fourth-order valence-corrected chi connectivity index (χ4v) is 1.24. The minimum atomic E-state index is -1.03. The predicted molar refractivity (Wildman–Crippen MR) is 52.7 cm³/mol. The first-order valence-electron chi connectivity index (χ1n) is 3.72. The van der Waals surface area contributed by atoms with Gasteiger partial charge in [-0.15, -0.1) is 0 Å². The molecule has 5 heteroatoms. The topological polar surface area (TPSA) is 74.6 Å². The molecule has 0 aliphatic heterocycles. The van der Waals surface area contributed by atoms with E-state index in [0.717, 1.165) is 0 Å². The van der Waals surface area contributed by atoms with Crippen LogP contribution in [0.3, 0.4) is 0 Å². The van der Waals surface area contributed by atoms with Gasteiger partial charge >= 0.3 is 11.9 Å². The van der Waals surface area contributed by atoms with Crippen LogP contribution in [-0.4, -0.2) is 22.2 Å². The number of aromatic carboxylic acids is 1. The van der Waals surface area contributed by atoms with E-state index in [-0.39, 0.29) is 5.56 Å². The molecule has 0 fully saturated rings. The van der Waals surface area contributed by atoms with Crippen molar-refractivity contribution in [3.05, 3.63) is 35.4 Å². The van der Waals surface area contributed by atoms with E-state index >= 15 is 0 Å². The summed E-state index contributed by atoms with van der Waals surface area (Å²) in [5, 5.41) is 17.2. The van der Waals surface area contributed by atoms with Gasteiger partial charge in [0, 0.05) is 0 Å². The van der Waals surface area contributed by atoms with Gasteiger partial charge in [0.15, 0.2) is 0 Å². The van der Waals surface area contributed by atoms with E-state index in [1.807, 2.05) is 0 Å². The molecule has 14 heavy (non-hydrogen) atoms. The molecule has 0 heterocycles. The summed E-state index contributed by atoms with van der Waals surface area (Å²) >= 11 is 2.96. The van der Waals surface area contributed by atoms with Gasteiger partial charge in [0.05, 0.1) is 5.56 Å². The molecule has 0 radical (unpaired) electrons. The number of hydrogen-bond acceptors (Lipinski definition) is 2. The Balaban J connectivity index is 2.94. The Kier molecular flexibility index (Phi) is 3.24. The number of benzene rings is 1. The fraction of sp³-hybridized carbons (Fsp3) is 0.111. The number of alkyl halides is 1. The van der Waals surface area contributed by atoms with E-state index in [1.165, 1.54) is 24.3 Å². The highest BCUT2D eigenvalue weighted by Crippen LogP contribution is 2.22. The zero-order valence-corrected chi connectivity index (χ0v) is 8.56. The van der Waals surface area contributed by atoms with Crippen LogP contribution < -0.4 is 0 Å². The summed E-state index contributed by atoms with van der Waals surface area (Å²) in [6.45, 7) is 0. The SMILES string of the molecule is O=C(O)c1ccc(C(Br)C(=O)O)cc1. The maximum atomic E-state index is 10.6. The van der Waals surface area contributed by atoms with Gasteiger partial charge in [0.25, 0.3) is 0 Å². The standard InChI is InChI=1S/C9H7BrO4/c10-7(9(13)14)5-1-3-6(4-2-5)8(11)12/h1-4,7H,(H,11,12)(H,13,14). The van der Waals surface area contributed by atoms with Crippen molar-refractivity contribution in [3.63, 3.8) is 0 Å². The Labute approximate surface area is 88.3 Å². The van der Waals surface area contributed by atoms with Crippen LogP contribution in [0.5, 0.6) is 0 Å². The molecule has 0 amide bonds. The van der Waals surface area contributed by atoms with Gasteiger partial charge in [0.2, 0.25) is 0 Å². The molecule has 0 saturated heterocycles. The summed E-state index contributed by atoms with van der Waals surface area (Å²) in [4.78, 5) is 20.2. The predicted octanol–water partition coefficient (Wildman–Crippen LogP) is 1.91. The van der Waals surface area contributed by atoms with Crippen molar-refractivity contribution in [3.8, 4) is 0 Å². The molecule has 1 aromatic carbocycles. The lowest BCUT2D eigenvalue weighted by Crippen LogP contribution is -2.05. The van der Waals surface area contributed by atoms with Crippen LogP contribution >= 0.6 is 15.9 Å². The monoisotopic (exact) mass is 258 g/mol. The zero-order valence-electron chi connectivity index (χ0n) is 6.98. The van der Waals surface area contributed by atoms with E-state index in [9.17, 15) is 9.59 Å². The molecule has 0 aliphatic carbocycles. The summed E-state index contributed by atoms with van der Waals surface area (Å²) in [7, 11) is 0. The molecule has 0 bridgehead atoms. The second-order valence-electron chi connectivity index (χ2n) is 2.63. The van der Waals surface area contributed by atoms with Crippen LogP contribution in [0.1, 0.15) is 20.7 Å². The molecule has 1 aromatic rings. The minimum absolute atomic E-state index is 0.138. The van der Waals surface area contributed by atoms with Gasteiger partial charge in [-0.3, -0.25) is 4.79 Å². The van der Waals surface area contributed by atoms with Crippen molar-refractivity contribution in [1.82, 2.24) is 0 Å². The number of rotatable bonds is 3. The molecular weight excluding hydrogens is 252 g/mol. The summed E-state index contributed by atoms with van der Waals surface area (Å²) in [5.41, 5.74) is 0.654. The van der Waals surface area contributed by atoms with Gasteiger partial charge < -0.3 is 10.2 Å². The lowest BCUT2D eigenvalue weighted by Gasteiger charge is -2.04. The molecule has 2 N–H and O–H groups in total. The highest BCUT2D eigenvalue weighted by atomic mass is 79.9. The van der Waals surface area contributed by atoms with Crippen molar-refractivity contribution in [2.24, 2.45) is 0 Å². The number of carboxylic acids is 2. The molecule has 0 aromatic heterocycles. The summed E-state index contributed by atoms with van der Waals surface area (Å²) in [6.07, 6.45) is 0. The number of carbonyl (C=O) groups is 2. The third-order valence-electron chi connectivity index (χ3n) is 1.67. The van der Waals surface area contributed by atoms with Crippen LogP contribution in [0, 0.1) is 0 Å². The van der Waals surface area contributed by atoms with Gasteiger partial charge in [-0.05, 0) is 17.7 Å². The smallest absolute Gasteiger partial charge is 0.335 e. The number of halogens is 1. The highest BCUT2D eigenvalue weighted by Gasteiger charge is 2.15. The van der Waals surface area contributed by atoms with Crippen molar-refractivity contribution in [2.75, 3.05) is 0 Å². The lowest BCUT2D eigenvalue weighted by molar-refractivity contribution is -0.136. The third-order valence-corrected chi connectivity index (χ3v) is 2.59. The molecule has 1 rings (SSSR count). The Morgan fingerprint density at radius 2 is 1.64 bits per heavy atom. The first kappa shape index (κ1) is 10.7. The van der Waals surface area contributed by atoms with E-state index in [2.05, 4.69) is 15.9 Å². The normalized spacial score (nSPS) is 12.1. The first-order chi connectivity index (χ1) is 6.52. The van der Waals surface area contributed by atoms with Crippen molar-refractivity contribution >= 4 is 27.9 Å². The summed E-state index contributed by atoms with van der Waals surface area (Å²) in [6, 6.07) is 5.68. The van der Waals surface area contributed by atoms with E-state index < -0.39 is 16.8 Å². The Morgan fingerprint density at radius 3 is 2.00 bits per heavy atom. The van der Waals surface area contributed by atoms with Gasteiger partial charge in [-0.2, -0.15) is 0 Å². The van der Waals surface area contributed by atoms with Crippen molar-refractivity contribution < 1.29 is 19.8 Å². The first-order valence-corrected chi connectivity index (χ1v) is 4.64.